The lowest BCUT2D eigenvalue weighted by molar-refractivity contribution is 0.632. The van der Waals surface area contributed by atoms with Crippen LogP contribution in [0.25, 0.3) is 11.4 Å². The number of nitrogen functional groups attached to an aromatic ring is 1. The van der Waals surface area contributed by atoms with E-state index in [4.69, 9.17) is 5.73 Å². The van der Waals surface area contributed by atoms with Gasteiger partial charge in [0.1, 0.15) is 5.82 Å². The van der Waals surface area contributed by atoms with Crippen molar-refractivity contribution in [3.8, 4) is 11.4 Å². The van der Waals surface area contributed by atoms with Crippen LogP contribution in [0.4, 0.5) is 10.1 Å². The van der Waals surface area contributed by atoms with Crippen LogP contribution < -0.4 is 5.73 Å². The fourth-order valence-corrected chi connectivity index (χ4v) is 1.68. The fourth-order valence-electron chi connectivity index (χ4n) is 1.68. The number of benzene rings is 1. The topological polar surface area (TPSA) is 56.7 Å². The highest BCUT2D eigenvalue weighted by Crippen LogP contribution is 2.21. The second kappa shape index (κ2) is 4.53. The van der Waals surface area contributed by atoms with E-state index in [2.05, 4.69) is 17.0 Å². The first-order chi connectivity index (χ1) is 8.11. The molecule has 1 aromatic heterocycles. The molecule has 1 aromatic carbocycles. The maximum Gasteiger partial charge on any atom is 0.158 e. The lowest BCUT2D eigenvalue weighted by atomic mass is 10.2. The molecule has 2 rings (SSSR count). The summed E-state index contributed by atoms with van der Waals surface area (Å²) in [6.07, 6.45) is 1.81. The molecule has 0 bridgehead atoms. The van der Waals surface area contributed by atoms with Crippen molar-refractivity contribution >= 4 is 5.69 Å². The van der Waals surface area contributed by atoms with E-state index in [9.17, 15) is 4.39 Å². The minimum absolute atomic E-state index is 0.143. The first-order valence-corrected chi connectivity index (χ1v) is 5.57. The van der Waals surface area contributed by atoms with Gasteiger partial charge < -0.3 is 5.73 Å². The predicted octanol–water partition coefficient (Wildman–Crippen LogP) is 2.16. The van der Waals surface area contributed by atoms with Gasteiger partial charge in [0.25, 0.3) is 0 Å². The molecular weight excluding hydrogens is 219 g/mol. The second-order valence-electron chi connectivity index (χ2n) is 3.96. The lowest BCUT2D eigenvalue weighted by Crippen LogP contribution is -1.96. The molecule has 2 aromatic rings. The highest BCUT2D eigenvalue weighted by atomic mass is 19.1. The molecule has 0 saturated carbocycles. The summed E-state index contributed by atoms with van der Waals surface area (Å²) in [6.45, 7) is 2.07. The predicted molar refractivity (Wildman–Crippen MR) is 64.8 cm³/mol. The molecule has 0 aliphatic carbocycles. The van der Waals surface area contributed by atoms with Crippen LogP contribution in [0.3, 0.4) is 0 Å². The van der Waals surface area contributed by atoms with Crippen LogP contribution in [-0.4, -0.2) is 14.8 Å². The number of rotatable bonds is 3. The smallest absolute Gasteiger partial charge is 0.158 e. The molecule has 2 N–H and O–H groups in total. The van der Waals surface area contributed by atoms with Crippen molar-refractivity contribution in [3.63, 3.8) is 0 Å². The molecule has 90 valence electrons. The van der Waals surface area contributed by atoms with Crippen LogP contribution in [0.15, 0.2) is 18.2 Å². The van der Waals surface area contributed by atoms with Gasteiger partial charge in [0, 0.05) is 19.0 Å². The zero-order chi connectivity index (χ0) is 12.4. The Bertz CT molecular complexity index is 533. The third kappa shape index (κ3) is 2.27. The normalized spacial score (nSPS) is 10.8. The zero-order valence-electron chi connectivity index (χ0n) is 9.94. The van der Waals surface area contributed by atoms with E-state index >= 15 is 0 Å². The van der Waals surface area contributed by atoms with E-state index in [0.29, 0.717) is 11.4 Å². The molecule has 1 heterocycles. The van der Waals surface area contributed by atoms with Gasteiger partial charge >= 0.3 is 0 Å². The zero-order valence-corrected chi connectivity index (χ0v) is 9.94. The van der Waals surface area contributed by atoms with Gasteiger partial charge in [-0.15, -0.1) is 0 Å². The first-order valence-electron chi connectivity index (χ1n) is 5.57. The molecule has 5 heteroatoms. The number of aromatic nitrogens is 3. The molecular formula is C12H15FN4. The van der Waals surface area contributed by atoms with Gasteiger partial charge in [-0.05, 0) is 24.6 Å². The van der Waals surface area contributed by atoms with Crippen molar-refractivity contribution in [1.29, 1.82) is 0 Å². The van der Waals surface area contributed by atoms with Gasteiger partial charge in [0.05, 0.1) is 5.69 Å². The van der Waals surface area contributed by atoms with Crippen LogP contribution in [0.5, 0.6) is 0 Å². The van der Waals surface area contributed by atoms with Crippen molar-refractivity contribution in [2.24, 2.45) is 7.05 Å². The minimum Gasteiger partial charge on any atom is -0.396 e. The van der Waals surface area contributed by atoms with Crippen molar-refractivity contribution in [3.05, 3.63) is 29.8 Å². The van der Waals surface area contributed by atoms with Gasteiger partial charge in [-0.3, -0.25) is 0 Å². The third-order valence-electron chi connectivity index (χ3n) is 2.54. The Hall–Kier alpha value is -1.91. The maximum absolute atomic E-state index is 13.4. The van der Waals surface area contributed by atoms with Crippen LogP contribution in [0.1, 0.15) is 19.2 Å². The summed E-state index contributed by atoms with van der Waals surface area (Å²) >= 11 is 0. The summed E-state index contributed by atoms with van der Waals surface area (Å²) in [4.78, 5) is 4.38. The van der Waals surface area contributed by atoms with Crippen molar-refractivity contribution < 1.29 is 4.39 Å². The Kier molecular flexibility index (Phi) is 3.08. The SMILES string of the molecule is CCCc1nc(-c2ccc(N)c(F)c2)n(C)n1. The lowest BCUT2D eigenvalue weighted by Gasteiger charge is -2.01. The molecule has 0 radical (unpaired) electrons. The number of nitrogens with two attached hydrogens (primary N) is 1. The van der Waals surface area contributed by atoms with E-state index in [1.54, 1.807) is 23.9 Å². The van der Waals surface area contributed by atoms with E-state index in [1.807, 2.05) is 0 Å². The maximum atomic E-state index is 13.4. The molecule has 0 saturated heterocycles. The van der Waals surface area contributed by atoms with Crippen molar-refractivity contribution in [1.82, 2.24) is 14.8 Å². The summed E-state index contributed by atoms with van der Waals surface area (Å²) in [6, 6.07) is 4.67. The van der Waals surface area contributed by atoms with Gasteiger partial charge in [0.2, 0.25) is 0 Å². The monoisotopic (exact) mass is 234 g/mol. The largest absolute Gasteiger partial charge is 0.396 e. The van der Waals surface area contributed by atoms with Crippen LogP contribution >= 0.6 is 0 Å². The van der Waals surface area contributed by atoms with Crippen molar-refractivity contribution in [2.45, 2.75) is 19.8 Å². The molecule has 0 atom stereocenters. The van der Waals surface area contributed by atoms with Crippen molar-refractivity contribution in [2.75, 3.05) is 5.73 Å². The average Bonchev–Trinajstić information content (AvgIpc) is 2.64. The first kappa shape index (κ1) is 11.6. The molecule has 0 aliphatic heterocycles. The van der Waals surface area contributed by atoms with E-state index < -0.39 is 5.82 Å². The van der Waals surface area contributed by atoms with Gasteiger partial charge in [-0.1, -0.05) is 6.92 Å². The Morgan fingerprint density at radius 2 is 2.18 bits per heavy atom. The van der Waals surface area contributed by atoms with Gasteiger partial charge in [-0.25, -0.2) is 14.1 Å². The Labute approximate surface area is 99.3 Å². The molecule has 0 fully saturated rings. The number of halogens is 1. The summed E-state index contributed by atoms with van der Waals surface area (Å²) in [5.41, 5.74) is 6.27. The highest BCUT2D eigenvalue weighted by molar-refractivity contribution is 5.59. The Morgan fingerprint density at radius 3 is 2.82 bits per heavy atom. The summed E-state index contributed by atoms with van der Waals surface area (Å²) in [5, 5.41) is 4.28. The number of hydrogen-bond donors (Lipinski definition) is 1. The Balaban J connectivity index is 2.41. The van der Waals surface area contributed by atoms with E-state index in [-0.39, 0.29) is 5.69 Å². The van der Waals surface area contributed by atoms with E-state index in [1.165, 1.54) is 6.07 Å². The number of aryl methyl sites for hydroxylation is 2. The van der Waals surface area contributed by atoms with Gasteiger partial charge in [-0.2, -0.15) is 5.10 Å². The summed E-state index contributed by atoms with van der Waals surface area (Å²) < 4.78 is 15.0. The number of nitrogens with zero attached hydrogens (tertiary/aromatic N) is 3. The molecule has 0 aliphatic rings. The number of anilines is 1. The quantitative estimate of drug-likeness (QED) is 0.828. The molecule has 0 spiro atoms. The van der Waals surface area contributed by atoms with Gasteiger partial charge in [0.15, 0.2) is 11.6 Å². The highest BCUT2D eigenvalue weighted by Gasteiger charge is 2.10. The fraction of sp³-hybridized carbons (Fsp3) is 0.333. The second-order valence-corrected chi connectivity index (χ2v) is 3.96. The third-order valence-corrected chi connectivity index (χ3v) is 2.54. The van der Waals surface area contributed by atoms with Crippen LogP contribution in [0, 0.1) is 5.82 Å². The summed E-state index contributed by atoms with van der Waals surface area (Å²) in [7, 11) is 1.80. The molecule has 0 unspecified atom stereocenters. The standard InChI is InChI=1S/C12H15FN4/c1-3-4-11-15-12(17(2)16-11)8-5-6-10(14)9(13)7-8/h5-7H,3-4,14H2,1-2H3. The molecule has 0 amide bonds. The molecule has 17 heavy (non-hydrogen) atoms. The van der Waals surface area contributed by atoms with Crippen LogP contribution in [0.2, 0.25) is 0 Å². The summed E-state index contributed by atoms with van der Waals surface area (Å²) in [5.74, 6) is 1.01. The minimum atomic E-state index is -0.428. The Morgan fingerprint density at radius 1 is 1.41 bits per heavy atom. The molecule has 4 nitrogen and oxygen atoms in total. The van der Waals surface area contributed by atoms with E-state index in [0.717, 1.165) is 18.7 Å². The number of hydrogen-bond acceptors (Lipinski definition) is 3. The van der Waals surface area contributed by atoms with Crippen LogP contribution in [-0.2, 0) is 13.5 Å². The average molecular weight is 234 g/mol.